The molecule has 1 aromatic rings. The molecular formula is C17H24N2O2. The summed E-state index contributed by atoms with van der Waals surface area (Å²) in [6.07, 6.45) is 0.302. The number of nitrogens with zero attached hydrogens (tertiary/aromatic N) is 1. The second-order valence-corrected chi connectivity index (χ2v) is 6.31. The van der Waals surface area contributed by atoms with Crippen molar-refractivity contribution in [3.8, 4) is 0 Å². The van der Waals surface area contributed by atoms with Gasteiger partial charge in [0.2, 0.25) is 11.8 Å². The van der Waals surface area contributed by atoms with Gasteiger partial charge >= 0.3 is 0 Å². The molecule has 1 aromatic carbocycles. The molecule has 114 valence electrons. The van der Waals surface area contributed by atoms with E-state index in [1.54, 1.807) is 4.90 Å². The quantitative estimate of drug-likeness (QED) is 0.925. The van der Waals surface area contributed by atoms with Crippen LogP contribution in [0.1, 0.15) is 31.4 Å². The number of rotatable bonds is 4. The average molecular weight is 288 g/mol. The lowest BCUT2D eigenvalue weighted by Gasteiger charge is -2.18. The fraction of sp³-hybridized carbons (Fsp3) is 0.529. The van der Waals surface area contributed by atoms with E-state index in [9.17, 15) is 9.59 Å². The lowest BCUT2D eigenvalue weighted by molar-refractivity contribution is -0.126. The van der Waals surface area contributed by atoms with E-state index < -0.39 is 0 Å². The zero-order chi connectivity index (χ0) is 15.6. The molecule has 1 atom stereocenters. The zero-order valence-electron chi connectivity index (χ0n) is 13.3. The van der Waals surface area contributed by atoms with E-state index in [1.165, 1.54) is 5.56 Å². The molecule has 0 radical (unpaired) electrons. The SMILES string of the molecule is Cc1ccc(N2CC(C(=O)NCC(C)C)CC2=O)cc1C. The van der Waals surface area contributed by atoms with E-state index in [2.05, 4.69) is 19.2 Å². The average Bonchev–Trinajstić information content (AvgIpc) is 2.81. The Bertz CT molecular complexity index is 552. The van der Waals surface area contributed by atoms with Crippen LogP contribution in [0.3, 0.4) is 0 Å². The first kappa shape index (κ1) is 15.5. The summed E-state index contributed by atoms with van der Waals surface area (Å²) >= 11 is 0. The van der Waals surface area contributed by atoms with Crippen LogP contribution in [0.4, 0.5) is 5.69 Å². The van der Waals surface area contributed by atoms with Crippen LogP contribution in [0.2, 0.25) is 0 Å². The van der Waals surface area contributed by atoms with Gasteiger partial charge < -0.3 is 10.2 Å². The van der Waals surface area contributed by atoms with E-state index >= 15 is 0 Å². The molecule has 1 unspecified atom stereocenters. The van der Waals surface area contributed by atoms with E-state index in [4.69, 9.17) is 0 Å². The Balaban J connectivity index is 2.05. The first-order chi connectivity index (χ1) is 9.88. The number of benzene rings is 1. The van der Waals surface area contributed by atoms with Gasteiger partial charge in [0.1, 0.15) is 0 Å². The van der Waals surface area contributed by atoms with Crippen molar-refractivity contribution in [1.29, 1.82) is 0 Å². The van der Waals surface area contributed by atoms with Crippen LogP contribution < -0.4 is 10.2 Å². The van der Waals surface area contributed by atoms with E-state index in [1.807, 2.05) is 32.0 Å². The molecule has 2 rings (SSSR count). The van der Waals surface area contributed by atoms with Crippen LogP contribution >= 0.6 is 0 Å². The maximum absolute atomic E-state index is 12.2. The van der Waals surface area contributed by atoms with Gasteiger partial charge in [0, 0.05) is 25.2 Å². The monoisotopic (exact) mass is 288 g/mol. The van der Waals surface area contributed by atoms with Gasteiger partial charge in [-0.3, -0.25) is 9.59 Å². The summed E-state index contributed by atoms with van der Waals surface area (Å²) in [5, 5.41) is 2.92. The predicted molar refractivity (Wildman–Crippen MR) is 84.2 cm³/mol. The highest BCUT2D eigenvalue weighted by molar-refractivity contribution is 6.00. The Hall–Kier alpha value is -1.84. The first-order valence-corrected chi connectivity index (χ1v) is 7.53. The summed E-state index contributed by atoms with van der Waals surface area (Å²) in [6, 6.07) is 5.99. The van der Waals surface area contributed by atoms with Gasteiger partial charge in [-0.2, -0.15) is 0 Å². The van der Waals surface area contributed by atoms with Gasteiger partial charge in [-0.05, 0) is 43.0 Å². The number of aryl methyl sites for hydroxylation is 2. The molecule has 1 heterocycles. The lowest BCUT2D eigenvalue weighted by atomic mass is 10.1. The van der Waals surface area contributed by atoms with Crippen LogP contribution in [-0.2, 0) is 9.59 Å². The Morgan fingerprint density at radius 2 is 2.05 bits per heavy atom. The molecule has 4 heteroatoms. The molecule has 0 bridgehead atoms. The molecule has 1 fully saturated rings. The van der Waals surface area contributed by atoms with Crippen LogP contribution in [0, 0.1) is 25.7 Å². The van der Waals surface area contributed by atoms with Crippen molar-refractivity contribution >= 4 is 17.5 Å². The highest BCUT2D eigenvalue weighted by Gasteiger charge is 2.35. The Kier molecular flexibility index (Phi) is 4.66. The molecule has 2 amide bonds. The summed E-state index contributed by atoms with van der Waals surface area (Å²) in [6.45, 7) is 9.33. The molecule has 1 saturated heterocycles. The van der Waals surface area contributed by atoms with Gasteiger partial charge in [-0.15, -0.1) is 0 Å². The normalized spacial score (nSPS) is 18.4. The molecule has 0 aliphatic carbocycles. The van der Waals surface area contributed by atoms with Crippen molar-refractivity contribution < 1.29 is 9.59 Å². The minimum Gasteiger partial charge on any atom is -0.356 e. The second kappa shape index (κ2) is 6.29. The van der Waals surface area contributed by atoms with Crippen molar-refractivity contribution in [2.45, 2.75) is 34.1 Å². The van der Waals surface area contributed by atoms with E-state index in [0.717, 1.165) is 11.3 Å². The van der Waals surface area contributed by atoms with Gasteiger partial charge in [0.25, 0.3) is 0 Å². The smallest absolute Gasteiger partial charge is 0.227 e. The zero-order valence-corrected chi connectivity index (χ0v) is 13.3. The van der Waals surface area contributed by atoms with Gasteiger partial charge in [0.15, 0.2) is 0 Å². The summed E-state index contributed by atoms with van der Waals surface area (Å²) < 4.78 is 0. The fourth-order valence-electron chi connectivity index (χ4n) is 2.48. The largest absolute Gasteiger partial charge is 0.356 e. The molecule has 1 aliphatic rings. The summed E-state index contributed by atoms with van der Waals surface area (Å²) in [7, 11) is 0. The number of amides is 2. The van der Waals surface area contributed by atoms with Crippen LogP contribution in [0.15, 0.2) is 18.2 Å². The third-order valence-corrected chi connectivity index (χ3v) is 3.98. The molecule has 1 N–H and O–H groups in total. The maximum Gasteiger partial charge on any atom is 0.227 e. The van der Waals surface area contributed by atoms with Crippen LogP contribution in [0.25, 0.3) is 0 Å². The van der Waals surface area contributed by atoms with Crippen LogP contribution in [0.5, 0.6) is 0 Å². The first-order valence-electron chi connectivity index (χ1n) is 7.53. The summed E-state index contributed by atoms with van der Waals surface area (Å²) in [5.74, 6) is 0.200. The number of carbonyl (C=O) groups is 2. The molecule has 0 spiro atoms. The molecule has 21 heavy (non-hydrogen) atoms. The molecule has 0 saturated carbocycles. The molecule has 0 aromatic heterocycles. The number of carbonyl (C=O) groups excluding carboxylic acids is 2. The third kappa shape index (κ3) is 3.63. The van der Waals surface area contributed by atoms with Crippen molar-refractivity contribution in [1.82, 2.24) is 5.32 Å². The lowest BCUT2D eigenvalue weighted by Crippen LogP contribution is -2.35. The van der Waals surface area contributed by atoms with Crippen molar-refractivity contribution in [2.75, 3.05) is 18.0 Å². The van der Waals surface area contributed by atoms with Crippen molar-refractivity contribution in [3.63, 3.8) is 0 Å². The number of nitrogens with one attached hydrogen (secondary N) is 1. The highest BCUT2D eigenvalue weighted by Crippen LogP contribution is 2.26. The molecular weight excluding hydrogens is 264 g/mol. The van der Waals surface area contributed by atoms with E-state index in [-0.39, 0.29) is 17.7 Å². The van der Waals surface area contributed by atoms with Gasteiger partial charge in [0.05, 0.1) is 5.92 Å². The second-order valence-electron chi connectivity index (χ2n) is 6.31. The minimum atomic E-state index is -0.238. The van der Waals surface area contributed by atoms with Gasteiger partial charge in [-0.25, -0.2) is 0 Å². The highest BCUT2D eigenvalue weighted by atomic mass is 16.2. The van der Waals surface area contributed by atoms with Crippen LogP contribution in [-0.4, -0.2) is 24.9 Å². The van der Waals surface area contributed by atoms with E-state index in [0.29, 0.717) is 25.4 Å². The topological polar surface area (TPSA) is 49.4 Å². The minimum absolute atomic E-state index is 0.0108. The summed E-state index contributed by atoms with van der Waals surface area (Å²) in [5.41, 5.74) is 3.26. The summed E-state index contributed by atoms with van der Waals surface area (Å²) in [4.78, 5) is 26.0. The maximum atomic E-state index is 12.2. The number of anilines is 1. The molecule has 4 nitrogen and oxygen atoms in total. The number of hydrogen-bond acceptors (Lipinski definition) is 2. The van der Waals surface area contributed by atoms with Crippen molar-refractivity contribution in [2.24, 2.45) is 11.8 Å². The fourth-order valence-corrected chi connectivity index (χ4v) is 2.48. The van der Waals surface area contributed by atoms with Crippen molar-refractivity contribution in [3.05, 3.63) is 29.3 Å². The van der Waals surface area contributed by atoms with Gasteiger partial charge in [-0.1, -0.05) is 19.9 Å². The molecule has 1 aliphatic heterocycles. The number of hydrogen-bond donors (Lipinski definition) is 1. The Labute approximate surface area is 126 Å². The standard InChI is InChI=1S/C17H24N2O2/c1-11(2)9-18-17(21)14-8-16(20)19(10-14)15-6-5-12(3)13(4)7-15/h5-7,11,14H,8-10H2,1-4H3,(H,18,21). The Morgan fingerprint density at radius 3 is 2.67 bits per heavy atom. The Morgan fingerprint density at radius 1 is 1.33 bits per heavy atom. The predicted octanol–water partition coefficient (Wildman–Crippen LogP) is 2.43. The third-order valence-electron chi connectivity index (χ3n) is 3.98.